The molecule has 0 aliphatic heterocycles. The molecule has 1 aromatic heterocycles. The van der Waals surface area contributed by atoms with Gasteiger partial charge in [-0.2, -0.15) is 0 Å². The van der Waals surface area contributed by atoms with Gasteiger partial charge in [-0.1, -0.05) is 6.92 Å². The van der Waals surface area contributed by atoms with Gasteiger partial charge >= 0.3 is 0 Å². The maximum atomic E-state index is 11.6. The molecule has 1 aromatic rings. The summed E-state index contributed by atoms with van der Waals surface area (Å²) in [5.74, 6) is 0.540. The highest BCUT2D eigenvalue weighted by Crippen LogP contribution is 2.20. The van der Waals surface area contributed by atoms with E-state index in [4.69, 9.17) is 5.73 Å². The molecule has 16 heavy (non-hydrogen) atoms. The SMILES string of the molecule is CC[C@H](N)C(=O)Nc1cccnc1N(C)C. The fraction of sp³-hybridized carbons (Fsp3) is 0.455. The molecule has 0 bridgehead atoms. The van der Waals surface area contributed by atoms with Crippen molar-refractivity contribution in [2.75, 3.05) is 24.3 Å². The number of nitrogens with zero attached hydrogens (tertiary/aromatic N) is 2. The highest BCUT2D eigenvalue weighted by molar-refractivity contribution is 5.96. The normalized spacial score (nSPS) is 12.0. The summed E-state index contributed by atoms with van der Waals surface area (Å²) in [6, 6.07) is 3.11. The summed E-state index contributed by atoms with van der Waals surface area (Å²) in [5.41, 5.74) is 6.33. The molecule has 0 saturated heterocycles. The van der Waals surface area contributed by atoms with Crippen molar-refractivity contribution in [1.29, 1.82) is 0 Å². The summed E-state index contributed by atoms with van der Waals surface area (Å²) in [6.45, 7) is 1.88. The molecule has 1 atom stereocenters. The second-order valence-electron chi connectivity index (χ2n) is 3.77. The van der Waals surface area contributed by atoms with Crippen LogP contribution >= 0.6 is 0 Å². The lowest BCUT2D eigenvalue weighted by Crippen LogP contribution is -2.35. The molecule has 88 valence electrons. The van der Waals surface area contributed by atoms with Gasteiger partial charge < -0.3 is 16.0 Å². The topological polar surface area (TPSA) is 71.2 Å². The van der Waals surface area contributed by atoms with Crippen molar-refractivity contribution in [2.45, 2.75) is 19.4 Å². The van der Waals surface area contributed by atoms with Crippen LogP contribution in [0.1, 0.15) is 13.3 Å². The number of nitrogens with one attached hydrogen (secondary N) is 1. The fourth-order valence-corrected chi connectivity index (χ4v) is 1.26. The van der Waals surface area contributed by atoms with Crippen LogP contribution in [-0.2, 0) is 4.79 Å². The van der Waals surface area contributed by atoms with E-state index in [9.17, 15) is 4.79 Å². The van der Waals surface area contributed by atoms with Gasteiger partial charge in [-0.05, 0) is 18.6 Å². The Balaban J connectivity index is 2.84. The first-order valence-electron chi connectivity index (χ1n) is 5.25. The second kappa shape index (κ2) is 5.46. The van der Waals surface area contributed by atoms with Crippen LogP contribution in [0.2, 0.25) is 0 Å². The van der Waals surface area contributed by atoms with Gasteiger partial charge in [-0.15, -0.1) is 0 Å². The van der Waals surface area contributed by atoms with E-state index in [0.717, 1.165) is 5.82 Å². The van der Waals surface area contributed by atoms with E-state index in [-0.39, 0.29) is 5.91 Å². The van der Waals surface area contributed by atoms with Crippen LogP contribution in [0.3, 0.4) is 0 Å². The van der Waals surface area contributed by atoms with E-state index in [1.165, 1.54) is 0 Å². The number of carbonyl (C=O) groups excluding carboxylic acids is 1. The lowest BCUT2D eigenvalue weighted by atomic mass is 10.2. The molecule has 0 spiro atoms. The lowest BCUT2D eigenvalue weighted by Gasteiger charge is -2.17. The zero-order valence-electron chi connectivity index (χ0n) is 9.90. The quantitative estimate of drug-likeness (QED) is 0.791. The third-order valence-corrected chi connectivity index (χ3v) is 2.24. The van der Waals surface area contributed by atoms with Gasteiger partial charge in [-0.25, -0.2) is 4.98 Å². The Hall–Kier alpha value is -1.62. The van der Waals surface area contributed by atoms with Crippen molar-refractivity contribution in [1.82, 2.24) is 4.98 Å². The van der Waals surface area contributed by atoms with Gasteiger partial charge in [0.2, 0.25) is 5.91 Å². The molecular weight excluding hydrogens is 204 g/mol. The first kappa shape index (κ1) is 12.4. The molecule has 0 aromatic carbocycles. The van der Waals surface area contributed by atoms with Crippen molar-refractivity contribution in [3.05, 3.63) is 18.3 Å². The van der Waals surface area contributed by atoms with Crippen molar-refractivity contribution in [3.8, 4) is 0 Å². The molecule has 5 heteroatoms. The smallest absolute Gasteiger partial charge is 0.241 e. The number of amides is 1. The van der Waals surface area contributed by atoms with Crippen LogP contribution < -0.4 is 16.0 Å². The molecule has 0 fully saturated rings. The molecule has 0 unspecified atom stereocenters. The number of rotatable bonds is 4. The third kappa shape index (κ3) is 2.93. The van der Waals surface area contributed by atoms with Crippen LogP contribution in [0.4, 0.5) is 11.5 Å². The molecule has 1 heterocycles. The Morgan fingerprint density at radius 3 is 2.88 bits per heavy atom. The zero-order chi connectivity index (χ0) is 12.1. The third-order valence-electron chi connectivity index (χ3n) is 2.24. The fourth-order valence-electron chi connectivity index (χ4n) is 1.26. The minimum absolute atomic E-state index is 0.182. The van der Waals surface area contributed by atoms with E-state index >= 15 is 0 Å². The van der Waals surface area contributed by atoms with Crippen LogP contribution in [0.15, 0.2) is 18.3 Å². The Bertz CT molecular complexity index is 365. The maximum absolute atomic E-state index is 11.6. The predicted octanol–water partition coefficient (Wildman–Crippen LogP) is 0.823. The van der Waals surface area contributed by atoms with Crippen LogP contribution in [-0.4, -0.2) is 31.0 Å². The Morgan fingerprint density at radius 2 is 2.31 bits per heavy atom. The van der Waals surface area contributed by atoms with E-state index in [0.29, 0.717) is 12.1 Å². The number of hydrogen-bond donors (Lipinski definition) is 2. The molecular formula is C11H18N4O. The summed E-state index contributed by atoms with van der Waals surface area (Å²) in [6.07, 6.45) is 2.30. The highest BCUT2D eigenvalue weighted by atomic mass is 16.2. The minimum atomic E-state index is -0.477. The predicted molar refractivity (Wildman–Crippen MR) is 65.5 cm³/mol. The van der Waals surface area contributed by atoms with Gasteiger partial charge in [0.15, 0.2) is 5.82 Å². The van der Waals surface area contributed by atoms with Gasteiger partial charge in [0.05, 0.1) is 11.7 Å². The first-order chi connectivity index (χ1) is 7.56. The van der Waals surface area contributed by atoms with Crippen molar-refractivity contribution < 1.29 is 4.79 Å². The molecule has 0 saturated carbocycles. The average Bonchev–Trinajstić information content (AvgIpc) is 2.28. The monoisotopic (exact) mass is 222 g/mol. The molecule has 0 aliphatic rings. The Kier molecular flexibility index (Phi) is 4.25. The summed E-state index contributed by atoms with van der Waals surface area (Å²) >= 11 is 0. The zero-order valence-corrected chi connectivity index (χ0v) is 9.90. The van der Waals surface area contributed by atoms with E-state index < -0.39 is 6.04 Å². The minimum Gasteiger partial charge on any atom is -0.361 e. The van der Waals surface area contributed by atoms with Crippen LogP contribution in [0.5, 0.6) is 0 Å². The van der Waals surface area contributed by atoms with E-state index in [2.05, 4.69) is 10.3 Å². The number of nitrogens with two attached hydrogens (primary N) is 1. The summed E-state index contributed by atoms with van der Waals surface area (Å²) < 4.78 is 0. The second-order valence-corrected chi connectivity index (χ2v) is 3.77. The average molecular weight is 222 g/mol. The Labute approximate surface area is 95.7 Å². The molecule has 1 rings (SSSR count). The summed E-state index contributed by atoms with van der Waals surface area (Å²) in [4.78, 5) is 17.7. The maximum Gasteiger partial charge on any atom is 0.241 e. The van der Waals surface area contributed by atoms with Gasteiger partial charge in [0.1, 0.15) is 0 Å². The molecule has 0 aliphatic carbocycles. The van der Waals surface area contributed by atoms with Crippen LogP contribution in [0, 0.1) is 0 Å². The molecule has 5 nitrogen and oxygen atoms in total. The molecule has 3 N–H and O–H groups in total. The van der Waals surface area contributed by atoms with Gasteiger partial charge in [0.25, 0.3) is 0 Å². The van der Waals surface area contributed by atoms with E-state index in [1.54, 1.807) is 12.3 Å². The number of aromatic nitrogens is 1. The molecule has 0 radical (unpaired) electrons. The number of hydrogen-bond acceptors (Lipinski definition) is 4. The van der Waals surface area contributed by atoms with Gasteiger partial charge in [-0.3, -0.25) is 4.79 Å². The van der Waals surface area contributed by atoms with Crippen molar-refractivity contribution in [3.63, 3.8) is 0 Å². The van der Waals surface area contributed by atoms with E-state index in [1.807, 2.05) is 32.0 Å². The number of pyridine rings is 1. The van der Waals surface area contributed by atoms with Crippen molar-refractivity contribution >= 4 is 17.4 Å². The summed E-state index contributed by atoms with van der Waals surface area (Å²) in [5, 5.41) is 2.77. The van der Waals surface area contributed by atoms with Crippen LogP contribution in [0.25, 0.3) is 0 Å². The summed E-state index contributed by atoms with van der Waals surface area (Å²) in [7, 11) is 3.75. The van der Waals surface area contributed by atoms with Crippen molar-refractivity contribution in [2.24, 2.45) is 5.73 Å². The Morgan fingerprint density at radius 1 is 1.62 bits per heavy atom. The number of carbonyl (C=O) groups is 1. The number of anilines is 2. The van der Waals surface area contributed by atoms with Gasteiger partial charge in [0, 0.05) is 20.3 Å². The standard InChI is InChI=1S/C11H18N4O/c1-4-8(12)11(16)14-9-6-5-7-13-10(9)15(2)3/h5-8H,4,12H2,1-3H3,(H,14,16)/t8-/m0/s1. The molecule has 1 amide bonds. The lowest BCUT2D eigenvalue weighted by molar-refractivity contribution is -0.117. The highest BCUT2D eigenvalue weighted by Gasteiger charge is 2.13. The largest absolute Gasteiger partial charge is 0.361 e. The first-order valence-corrected chi connectivity index (χ1v) is 5.25.